The fourth-order valence-electron chi connectivity index (χ4n) is 1.49. The smallest absolute Gasteiger partial charge is 0.317 e. The molecule has 1 atom stereocenters. The van der Waals surface area contributed by atoms with Gasteiger partial charge >= 0.3 is 5.97 Å². The highest BCUT2D eigenvalue weighted by atomic mass is 16.4. The van der Waals surface area contributed by atoms with E-state index in [0.717, 1.165) is 26.2 Å². The molecule has 1 unspecified atom stereocenters. The number of rotatable bonds is 3. The molecule has 0 aromatic rings. The van der Waals surface area contributed by atoms with Crippen LogP contribution >= 0.6 is 0 Å². The summed E-state index contributed by atoms with van der Waals surface area (Å²) < 4.78 is 0. The molecule has 0 aliphatic carbocycles. The average Bonchev–Trinajstić information content (AvgIpc) is 2.04. The average molecular weight is 188 g/mol. The molecule has 0 aromatic carbocycles. The van der Waals surface area contributed by atoms with E-state index in [1.807, 2.05) is 9.80 Å². The SMILES string of the molecule is CC(O)N1CCN(CC(=O)O)CC1. The van der Waals surface area contributed by atoms with Crippen LogP contribution in [-0.4, -0.2) is 64.9 Å². The highest BCUT2D eigenvalue weighted by Crippen LogP contribution is 2.03. The fourth-order valence-corrected chi connectivity index (χ4v) is 1.49. The van der Waals surface area contributed by atoms with Crippen LogP contribution in [0.3, 0.4) is 0 Å². The lowest BCUT2D eigenvalue weighted by Gasteiger charge is -2.35. The molecule has 1 aliphatic rings. The predicted octanol–water partition coefficient (Wildman–Crippen LogP) is -0.973. The van der Waals surface area contributed by atoms with Gasteiger partial charge in [0.05, 0.1) is 6.54 Å². The first-order chi connectivity index (χ1) is 6.09. The van der Waals surface area contributed by atoms with Crippen LogP contribution in [0.25, 0.3) is 0 Å². The molecule has 0 bridgehead atoms. The van der Waals surface area contributed by atoms with E-state index in [0.29, 0.717) is 0 Å². The minimum atomic E-state index is -0.787. The molecule has 1 fully saturated rings. The van der Waals surface area contributed by atoms with Crippen LogP contribution in [0.2, 0.25) is 0 Å². The molecule has 76 valence electrons. The third kappa shape index (κ3) is 3.30. The maximum absolute atomic E-state index is 10.4. The maximum Gasteiger partial charge on any atom is 0.317 e. The van der Waals surface area contributed by atoms with Gasteiger partial charge < -0.3 is 10.2 Å². The Morgan fingerprint density at radius 1 is 1.38 bits per heavy atom. The molecule has 0 radical (unpaired) electrons. The number of carbonyl (C=O) groups is 1. The molecule has 5 nitrogen and oxygen atoms in total. The number of piperazine rings is 1. The Morgan fingerprint density at radius 3 is 2.31 bits per heavy atom. The van der Waals surface area contributed by atoms with E-state index in [2.05, 4.69) is 0 Å². The minimum absolute atomic E-state index is 0.105. The number of hydrogen-bond acceptors (Lipinski definition) is 4. The first kappa shape index (κ1) is 10.4. The zero-order chi connectivity index (χ0) is 9.84. The molecule has 1 aliphatic heterocycles. The lowest BCUT2D eigenvalue weighted by Crippen LogP contribution is -2.50. The Balaban J connectivity index is 2.26. The Kier molecular flexibility index (Phi) is 3.65. The van der Waals surface area contributed by atoms with Crippen molar-refractivity contribution in [3.8, 4) is 0 Å². The number of aliphatic hydroxyl groups is 1. The second-order valence-electron chi connectivity index (χ2n) is 3.34. The van der Waals surface area contributed by atoms with E-state index in [4.69, 9.17) is 5.11 Å². The molecular weight excluding hydrogens is 172 g/mol. The van der Waals surface area contributed by atoms with Crippen molar-refractivity contribution in [1.82, 2.24) is 9.80 Å². The minimum Gasteiger partial charge on any atom is -0.480 e. The van der Waals surface area contributed by atoms with Crippen molar-refractivity contribution in [3.05, 3.63) is 0 Å². The van der Waals surface area contributed by atoms with Gasteiger partial charge in [0.15, 0.2) is 0 Å². The van der Waals surface area contributed by atoms with Gasteiger partial charge in [-0.1, -0.05) is 0 Å². The predicted molar refractivity (Wildman–Crippen MR) is 47.3 cm³/mol. The summed E-state index contributed by atoms with van der Waals surface area (Å²) in [6.45, 7) is 4.75. The van der Waals surface area contributed by atoms with Crippen molar-refractivity contribution < 1.29 is 15.0 Å². The van der Waals surface area contributed by atoms with Gasteiger partial charge in [-0.3, -0.25) is 14.6 Å². The van der Waals surface area contributed by atoms with E-state index in [1.54, 1.807) is 6.92 Å². The van der Waals surface area contributed by atoms with Crippen LogP contribution in [-0.2, 0) is 4.79 Å². The zero-order valence-electron chi connectivity index (χ0n) is 7.81. The standard InChI is InChI=1S/C8H16N2O3/c1-7(11)10-4-2-9(3-5-10)6-8(12)13/h7,11H,2-6H2,1H3,(H,12,13). The van der Waals surface area contributed by atoms with Gasteiger partial charge in [0, 0.05) is 26.2 Å². The van der Waals surface area contributed by atoms with Crippen LogP contribution < -0.4 is 0 Å². The number of aliphatic carboxylic acids is 1. The Bertz CT molecular complexity index is 176. The number of carboxylic acids is 1. The highest BCUT2D eigenvalue weighted by molar-refractivity contribution is 5.69. The van der Waals surface area contributed by atoms with E-state index in [1.165, 1.54) is 0 Å². The molecule has 1 saturated heterocycles. The van der Waals surface area contributed by atoms with Gasteiger partial charge in [0.2, 0.25) is 0 Å². The van der Waals surface area contributed by atoms with Crippen molar-refractivity contribution >= 4 is 5.97 Å². The van der Waals surface area contributed by atoms with Gasteiger partial charge in [-0.05, 0) is 6.92 Å². The van der Waals surface area contributed by atoms with Crippen molar-refractivity contribution in [3.63, 3.8) is 0 Å². The monoisotopic (exact) mass is 188 g/mol. The van der Waals surface area contributed by atoms with Gasteiger partial charge in [-0.25, -0.2) is 0 Å². The van der Waals surface area contributed by atoms with E-state index in [9.17, 15) is 9.90 Å². The molecule has 13 heavy (non-hydrogen) atoms. The molecular formula is C8H16N2O3. The normalized spacial score (nSPS) is 22.9. The summed E-state index contributed by atoms with van der Waals surface area (Å²) in [6, 6.07) is 0. The Hall–Kier alpha value is -0.650. The lowest BCUT2D eigenvalue weighted by molar-refractivity contribution is -0.139. The molecule has 5 heteroatoms. The second-order valence-corrected chi connectivity index (χ2v) is 3.34. The number of aliphatic hydroxyl groups excluding tert-OH is 1. The first-order valence-corrected chi connectivity index (χ1v) is 4.46. The number of nitrogens with zero attached hydrogens (tertiary/aromatic N) is 2. The third-order valence-corrected chi connectivity index (χ3v) is 2.29. The number of hydrogen-bond donors (Lipinski definition) is 2. The summed E-state index contributed by atoms with van der Waals surface area (Å²) in [7, 11) is 0. The summed E-state index contributed by atoms with van der Waals surface area (Å²) in [5.41, 5.74) is 0. The van der Waals surface area contributed by atoms with Crippen molar-refractivity contribution in [2.45, 2.75) is 13.2 Å². The van der Waals surface area contributed by atoms with Gasteiger partial charge in [0.1, 0.15) is 6.23 Å². The molecule has 0 aromatic heterocycles. The van der Waals surface area contributed by atoms with Crippen molar-refractivity contribution in [1.29, 1.82) is 0 Å². The topological polar surface area (TPSA) is 64.0 Å². The van der Waals surface area contributed by atoms with Gasteiger partial charge in [-0.2, -0.15) is 0 Å². The Labute approximate surface area is 77.6 Å². The van der Waals surface area contributed by atoms with Crippen LogP contribution in [0.5, 0.6) is 0 Å². The van der Waals surface area contributed by atoms with Crippen LogP contribution in [0, 0.1) is 0 Å². The van der Waals surface area contributed by atoms with Crippen LogP contribution in [0.4, 0.5) is 0 Å². The summed E-state index contributed by atoms with van der Waals surface area (Å²) in [6.07, 6.45) is -0.424. The van der Waals surface area contributed by atoms with E-state index < -0.39 is 12.2 Å². The summed E-state index contributed by atoms with van der Waals surface area (Å²) in [5.74, 6) is -0.787. The largest absolute Gasteiger partial charge is 0.480 e. The van der Waals surface area contributed by atoms with E-state index >= 15 is 0 Å². The molecule has 1 heterocycles. The fraction of sp³-hybridized carbons (Fsp3) is 0.875. The van der Waals surface area contributed by atoms with Gasteiger partial charge in [-0.15, -0.1) is 0 Å². The van der Waals surface area contributed by atoms with E-state index in [-0.39, 0.29) is 6.54 Å². The summed E-state index contributed by atoms with van der Waals surface area (Å²) in [4.78, 5) is 14.2. The first-order valence-electron chi connectivity index (χ1n) is 4.46. The number of carboxylic acid groups (broad SMARTS) is 1. The maximum atomic E-state index is 10.4. The zero-order valence-corrected chi connectivity index (χ0v) is 7.81. The van der Waals surface area contributed by atoms with Gasteiger partial charge in [0.25, 0.3) is 0 Å². The molecule has 1 rings (SSSR count). The molecule has 0 saturated carbocycles. The third-order valence-electron chi connectivity index (χ3n) is 2.29. The van der Waals surface area contributed by atoms with Crippen molar-refractivity contribution in [2.24, 2.45) is 0 Å². The quantitative estimate of drug-likeness (QED) is 0.596. The van der Waals surface area contributed by atoms with Crippen LogP contribution in [0.1, 0.15) is 6.92 Å². The van der Waals surface area contributed by atoms with Crippen molar-refractivity contribution in [2.75, 3.05) is 32.7 Å². The molecule has 0 spiro atoms. The molecule has 2 N–H and O–H groups in total. The lowest BCUT2D eigenvalue weighted by atomic mass is 10.3. The summed E-state index contributed by atoms with van der Waals surface area (Å²) in [5, 5.41) is 17.8. The Morgan fingerprint density at radius 2 is 1.92 bits per heavy atom. The summed E-state index contributed by atoms with van der Waals surface area (Å²) >= 11 is 0. The second kappa shape index (κ2) is 4.55. The highest BCUT2D eigenvalue weighted by Gasteiger charge is 2.20. The molecule has 0 amide bonds. The van der Waals surface area contributed by atoms with Crippen LogP contribution in [0.15, 0.2) is 0 Å².